The van der Waals surface area contributed by atoms with Gasteiger partial charge in [-0.1, -0.05) is 18.2 Å². The molecule has 2 heterocycles. The predicted octanol–water partition coefficient (Wildman–Crippen LogP) is 2.32. The van der Waals surface area contributed by atoms with Gasteiger partial charge in [-0.05, 0) is 48.7 Å². The van der Waals surface area contributed by atoms with E-state index < -0.39 is 10.0 Å². The Bertz CT molecular complexity index is 1130. The quantitative estimate of drug-likeness (QED) is 0.718. The van der Waals surface area contributed by atoms with Gasteiger partial charge < -0.3 is 14.5 Å². The van der Waals surface area contributed by atoms with Crippen LogP contribution in [0.5, 0.6) is 0 Å². The minimum atomic E-state index is -3.74. The van der Waals surface area contributed by atoms with Crippen molar-refractivity contribution in [3.63, 3.8) is 0 Å². The standard InChI is InChI=1S/C23H27N3O5S/c1-17-4-2-3-5-20(17)24-32(29,30)19-6-7-21-18(16-19)10-11-26(21)23(28)9-8-22(27)25-12-14-31-15-13-25/h2-7,16,24H,8-15H2,1H3. The molecule has 0 unspecified atom stereocenters. The lowest BCUT2D eigenvalue weighted by Crippen LogP contribution is -2.41. The highest BCUT2D eigenvalue weighted by Crippen LogP contribution is 2.31. The number of carbonyl (C=O) groups excluding carboxylic acids is 2. The number of hydrogen-bond donors (Lipinski definition) is 1. The number of morpholine rings is 1. The highest BCUT2D eigenvalue weighted by Gasteiger charge is 2.27. The molecule has 2 aromatic rings. The lowest BCUT2D eigenvalue weighted by molar-refractivity contribution is -0.136. The van der Waals surface area contributed by atoms with Gasteiger partial charge in [0.2, 0.25) is 11.8 Å². The molecule has 0 spiro atoms. The summed E-state index contributed by atoms with van der Waals surface area (Å²) in [7, 11) is -3.74. The van der Waals surface area contributed by atoms with Crippen LogP contribution in [0, 0.1) is 6.92 Å². The van der Waals surface area contributed by atoms with E-state index in [-0.39, 0.29) is 29.6 Å². The average molecular weight is 458 g/mol. The lowest BCUT2D eigenvalue weighted by atomic mass is 10.2. The Kier molecular flexibility index (Phi) is 6.48. The highest BCUT2D eigenvalue weighted by atomic mass is 32.2. The van der Waals surface area contributed by atoms with E-state index >= 15 is 0 Å². The summed E-state index contributed by atoms with van der Waals surface area (Å²) in [5.41, 5.74) is 2.89. The number of para-hydroxylation sites is 1. The largest absolute Gasteiger partial charge is 0.378 e. The molecular formula is C23H27N3O5S. The van der Waals surface area contributed by atoms with Crippen LogP contribution in [0.25, 0.3) is 0 Å². The number of carbonyl (C=O) groups is 2. The Morgan fingerprint density at radius 1 is 1.00 bits per heavy atom. The smallest absolute Gasteiger partial charge is 0.261 e. The number of hydrogen-bond acceptors (Lipinski definition) is 5. The maximum Gasteiger partial charge on any atom is 0.261 e. The van der Waals surface area contributed by atoms with Gasteiger partial charge in [0.1, 0.15) is 0 Å². The van der Waals surface area contributed by atoms with Crippen molar-refractivity contribution in [3.8, 4) is 0 Å². The number of nitrogens with one attached hydrogen (secondary N) is 1. The van der Waals surface area contributed by atoms with Crippen LogP contribution in [0.4, 0.5) is 11.4 Å². The first-order valence-electron chi connectivity index (χ1n) is 10.7. The third-order valence-corrected chi connectivity index (χ3v) is 7.23. The summed E-state index contributed by atoms with van der Waals surface area (Å²) in [4.78, 5) is 28.6. The van der Waals surface area contributed by atoms with Crippen molar-refractivity contribution in [3.05, 3.63) is 53.6 Å². The average Bonchev–Trinajstić information content (AvgIpc) is 3.23. The van der Waals surface area contributed by atoms with Crippen molar-refractivity contribution in [1.82, 2.24) is 4.90 Å². The van der Waals surface area contributed by atoms with Crippen LogP contribution in [0.2, 0.25) is 0 Å². The van der Waals surface area contributed by atoms with Gasteiger partial charge in [-0.3, -0.25) is 14.3 Å². The van der Waals surface area contributed by atoms with Gasteiger partial charge in [-0.25, -0.2) is 8.42 Å². The van der Waals surface area contributed by atoms with E-state index in [4.69, 9.17) is 4.74 Å². The molecule has 2 amide bonds. The second-order valence-corrected chi connectivity index (χ2v) is 9.68. The number of rotatable bonds is 6. The predicted molar refractivity (Wildman–Crippen MR) is 121 cm³/mol. The third kappa shape index (κ3) is 4.78. The summed E-state index contributed by atoms with van der Waals surface area (Å²) in [6.07, 6.45) is 0.869. The fourth-order valence-electron chi connectivity index (χ4n) is 4.02. The summed E-state index contributed by atoms with van der Waals surface area (Å²) >= 11 is 0. The molecule has 0 bridgehead atoms. The Morgan fingerprint density at radius 2 is 1.72 bits per heavy atom. The molecule has 1 N–H and O–H groups in total. The van der Waals surface area contributed by atoms with Crippen LogP contribution in [0.15, 0.2) is 47.4 Å². The number of ether oxygens (including phenoxy) is 1. The number of sulfonamides is 1. The van der Waals surface area contributed by atoms with E-state index in [1.54, 1.807) is 34.1 Å². The number of benzene rings is 2. The molecular weight excluding hydrogens is 430 g/mol. The number of anilines is 2. The van der Waals surface area contributed by atoms with Crippen LogP contribution >= 0.6 is 0 Å². The Hall–Kier alpha value is -2.91. The normalized spacial score (nSPS) is 16.0. The van der Waals surface area contributed by atoms with Gasteiger partial charge in [0, 0.05) is 38.2 Å². The van der Waals surface area contributed by atoms with E-state index in [1.165, 1.54) is 6.07 Å². The topological polar surface area (TPSA) is 96.0 Å². The van der Waals surface area contributed by atoms with Crippen molar-refractivity contribution in [2.24, 2.45) is 0 Å². The van der Waals surface area contributed by atoms with Gasteiger partial charge >= 0.3 is 0 Å². The lowest BCUT2D eigenvalue weighted by Gasteiger charge is -2.27. The van der Waals surface area contributed by atoms with Gasteiger partial charge in [0.25, 0.3) is 10.0 Å². The zero-order valence-corrected chi connectivity index (χ0v) is 18.9. The van der Waals surface area contributed by atoms with Gasteiger partial charge in [-0.2, -0.15) is 0 Å². The van der Waals surface area contributed by atoms with Crippen molar-refractivity contribution < 1.29 is 22.7 Å². The molecule has 0 atom stereocenters. The molecule has 8 nitrogen and oxygen atoms in total. The van der Waals surface area contributed by atoms with Crippen LogP contribution < -0.4 is 9.62 Å². The summed E-state index contributed by atoms with van der Waals surface area (Å²) < 4.78 is 33.6. The first-order valence-corrected chi connectivity index (χ1v) is 12.2. The first-order chi connectivity index (χ1) is 15.3. The minimum Gasteiger partial charge on any atom is -0.378 e. The van der Waals surface area contributed by atoms with Crippen molar-refractivity contribution in [1.29, 1.82) is 0 Å². The van der Waals surface area contributed by atoms with Crippen LogP contribution in [0.1, 0.15) is 24.0 Å². The number of nitrogens with zero attached hydrogens (tertiary/aromatic N) is 2. The first kappa shape index (κ1) is 22.3. The molecule has 1 fully saturated rings. The van der Waals surface area contributed by atoms with Gasteiger partial charge in [-0.15, -0.1) is 0 Å². The molecule has 2 aliphatic heterocycles. The molecule has 0 saturated carbocycles. The molecule has 1 saturated heterocycles. The molecule has 2 aromatic carbocycles. The summed E-state index contributed by atoms with van der Waals surface area (Å²) in [5, 5.41) is 0. The fourth-order valence-corrected chi connectivity index (χ4v) is 5.20. The van der Waals surface area contributed by atoms with Crippen molar-refractivity contribution >= 4 is 33.2 Å². The third-order valence-electron chi connectivity index (χ3n) is 5.86. The Balaban J connectivity index is 1.42. The molecule has 2 aliphatic rings. The molecule has 32 heavy (non-hydrogen) atoms. The van der Waals surface area contributed by atoms with Crippen LogP contribution in [-0.4, -0.2) is 58.0 Å². The van der Waals surface area contributed by atoms with Gasteiger partial charge in [0.15, 0.2) is 0 Å². The fraction of sp³-hybridized carbons (Fsp3) is 0.391. The molecule has 0 radical (unpaired) electrons. The number of amides is 2. The maximum atomic E-state index is 12.9. The Morgan fingerprint density at radius 3 is 2.47 bits per heavy atom. The number of fused-ring (bicyclic) bond motifs is 1. The van der Waals surface area contributed by atoms with Crippen LogP contribution in [0.3, 0.4) is 0 Å². The minimum absolute atomic E-state index is 0.0372. The van der Waals surface area contributed by atoms with Gasteiger partial charge in [0.05, 0.1) is 23.8 Å². The second kappa shape index (κ2) is 9.30. The second-order valence-electron chi connectivity index (χ2n) is 8.00. The van der Waals surface area contributed by atoms with E-state index in [2.05, 4.69) is 4.72 Å². The molecule has 0 aromatic heterocycles. The maximum absolute atomic E-state index is 12.9. The van der Waals surface area contributed by atoms with E-state index in [1.807, 2.05) is 19.1 Å². The summed E-state index contributed by atoms with van der Waals surface area (Å²) in [6.45, 7) is 4.51. The van der Waals surface area contributed by atoms with Crippen molar-refractivity contribution in [2.75, 3.05) is 42.5 Å². The zero-order valence-electron chi connectivity index (χ0n) is 18.0. The Labute approximate surface area is 188 Å². The molecule has 170 valence electrons. The monoisotopic (exact) mass is 457 g/mol. The highest BCUT2D eigenvalue weighted by molar-refractivity contribution is 7.92. The van der Waals surface area contributed by atoms with Crippen molar-refractivity contribution in [2.45, 2.75) is 31.1 Å². The molecule has 4 rings (SSSR count). The van der Waals surface area contributed by atoms with Crippen LogP contribution in [-0.2, 0) is 30.8 Å². The SMILES string of the molecule is Cc1ccccc1NS(=O)(=O)c1ccc2c(c1)CCN2C(=O)CCC(=O)N1CCOCC1. The number of aryl methyl sites for hydroxylation is 1. The zero-order chi connectivity index (χ0) is 22.7. The summed E-state index contributed by atoms with van der Waals surface area (Å²) in [5.74, 6) is -0.163. The van der Waals surface area contributed by atoms with E-state index in [0.29, 0.717) is 50.6 Å². The molecule has 0 aliphatic carbocycles. The summed E-state index contributed by atoms with van der Waals surface area (Å²) in [6, 6.07) is 12.0. The van der Waals surface area contributed by atoms with E-state index in [9.17, 15) is 18.0 Å². The van der Waals surface area contributed by atoms with E-state index in [0.717, 1.165) is 11.1 Å². The molecule has 9 heteroatoms.